The third kappa shape index (κ3) is 3.98. The van der Waals surface area contributed by atoms with Crippen LogP contribution < -0.4 is 5.32 Å². The van der Waals surface area contributed by atoms with Gasteiger partial charge in [0.2, 0.25) is 0 Å². The molecule has 0 atom stereocenters. The Hall–Kier alpha value is -0.0400. The summed E-state index contributed by atoms with van der Waals surface area (Å²) in [5, 5.41) is 3.94. The molecule has 1 N–H and O–H groups in total. The Balaban J connectivity index is 1.69. The molecule has 2 rings (SSSR count). The first kappa shape index (κ1) is 13.4. The van der Waals surface area contributed by atoms with E-state index in [4.69, 9.17) is 0 Å². The predicted octanol–water partition coefficient (Wildman–Crippen LogP) is 4.51. The summed E-state index contributed by atoms with van der Waals surface area (Å²) in [5.74, 6) is 1.03. The van der Waals surface area contributed by atoms with Crippen LogP contribution in [0.4, 0.5) is 0 Å². The topological polar surface area (TPSA) is 12.0 Å². The second-order valence-corrected chi connectivity index (χ2v) is 7.23. The fourth-order valence-electron chi connectivity index (χ4n) is 3.64. The number of rotatable bonds is 3. The number of hydrogen-bond donors (Lipinski definition) is 1. The van der Waals surface area contributed by atoms with Crippen LogP contribution in [0.2, 0.25) is 0 Å². The summed E-state index contributed by atoms with van der Waals surface area (Å²) in [7, 11) is 0. The van der Waals surface area contributed by atoms with Gasteiger partial charge in [0.05, 0.1) is 0 Å². The van der Waals surface area contributed by atoms with Crippen molar-refractivity contribution in [3.05, 3.63) is 0 Å². The van der Waals surface area contributed by atoms with Gasteiger partial charge in [-0.2, -0.15) is 0 Å². The van der Waals surface area contributed by atoms with Gasteiger partial charge in [-0.1, -0.05) is 27.2 Å². The Labute approximate surface area is 108 Å². The Morgan fingerprint density at radius 2 is 1.41 bits per heavy atom. The SMILES string of the molecule is CCC1CCC(NC2CCC(C)(C)CC2)CC1. The summed E-state index contributed by atoms with van der Waals surface area (Å²) < 4.78 is 0. The summed E-state index contributed by atoms with van der Waals surface area (Å²) in [6.45, 7) is 7.20. The van der Waals surface area contributed by atoms with Gasteiger partial charge in [0.25, 0.3) is 0 Å². The highest BCUT2D eigenvalue weighted by Gasteiger charge is 2.29. The van der Waals surface area contributed by atoms with E-state index in [0.29, 0.717) is 5.41 Å². The lowest BCUT2D eigenvalue weighted by Crippen LogP contribution is -2.43. The molecule has 1 nitrogen and oxygen atoms in total. The summed E-state index contributed by atoms with van der Waals surface area (Å²) in [6.07, 6.45) is 12.8. The third-order valence-corrected chi connectivity index (χ3v) is 5.23. The van der Waals surface area contributed by atoms with E-state index in [2.05, 4.69) is 26.1 Å². The van der Waals surface area contributed by atoms with E-state index < -0.39 is 0 Å². The van der Waals surface area contributed by atoms with E-state index in [1.807, 2.05) is 0 Å². The fourth-order valence-corrected chi connectivity index (χ4v) is 3.64. The maximum atomic E-state index is 3.94. The molecule has 0 radical (unpaired) electrons. The minimum atomic E-state index is 0.609. The molecule has 2 saturated carbocycles. The molecule has 0 aromatic carbocycles. The van der Waals surface area contributed by atoms with Crippen LogP contribution in [0.3, 0.4) is 0 Å². The second kappa shape index (κ2) is 5.73. The lowest BCUT2D eigenvalue weighted by molar-refractivity contribution is 0.182. The van der Waals surface area contributed by atoms with Gasteiger partial charge in [0.1, 0.15) is 0 Å². The van der Waals surface area contributed by atoms with E-state index in [0.717, 1.165) is 18.0 Å². The molecule has 0 saturated heterocycles. The fraction of sp³-hybridized carbons (Fsp3) is 1.00. The van der Waals surface area contributed by atoms with E-state index in [1.165, 1.54) is 57.8 Å². The summed E-state index contributed by atoms with van der Waals surface area (Å²) in [4.78, 5) is 0. The van der Waals surface area contributed by atoms with Crippen molar-refractivity contribution in [3.8, 4) is 0 Å². The monoisotopic (exact) mass is 237 g/mol. The molecule has 17 heavy (non-hydrogen) atoms. The molecule has 100 valence electrons. The minimum absolute atomic E-state index is 0.609. The molecule has 2 aliphatic rings. The average molecular weight is 237 g/mol. The zero-order valence-corrected chi connectivity index (χ0v) is 12.1. The summed E-state index contributed by atoms with van der Waals surface area (Å²) in [5.41, 5.74) is 0.609. The van der Waals surface area contributed by atoms with Crippen molar-refractivity contribution in [3.63, 3.8) is 0 Å². The molecule has 0 heterocycles. The van der Waals surface area contributed by atoms with Crippen molar-refractivity contribution >= 4 is 0 Å². The van der Waals surface area contributed by atoms with Crippen LogP contribution in [0.1, 0.15) is 78.6 Å². The van der Waals surface area contributed by atoms with Crippen molar-refractivity contribution in [2.24, 2.45) is 11.3 Å². The molecular formula is C16H31N. The van der Waals surface area contributed by atoms with Gasteiger partial charge >= 0.3 is 0 Å². The highest BCUT2D eigenvalue weighted by Crippen LogP contribution is 2.36. The Morgan fingerprint density at radius 3 is 1.94 bits per heavy atom. The van der Waals surface area contributed by atoms with Crippen LogP contribution in [-0.4, -0.2) is 12.1 Å². The lowest BCUT2D eigenvalue weighted by Gasteiger charge is -2.38. The third-order valence-electron chi connectivity index (χ3n) is 5.23. The van der Waals surface area contributed by atoms with Crippen molar-refractivity contribution < 1.29 is 0 Å². The Kier molecular flexibility index (Phi) is 4.52. The van der Waals surface area contributed by atoms with E-state index in [9.17, 15) is 0 Å². The molecule has 2 fully saturated rings. The zero-order valence-electron chi connectivity index (χ0n) is 12.1. The normalized spacial score (nSPS) is 34.8. The maximum Gasteiger partial charge on any atom is 0.00700 e. The van der Waals surface area contributed by atoms with Crippen LogP contribution in [0.5, 0.6) is 0 Å². The van der Waals surface area contributed by atoms with Gasteiger partial charge in [-0.15, -0.1) is 0 Å². The molecule has 0 amide bonds. The highest BCUT2D eigenvalue weighted by atomic mass is 15.0. The standard InChI is InChI=1S/C16H31N/c1-4-13-5-7-14(8-6-13)17-15-9-11-16(2,3)12-10-15/h13-15,17H,4-12H2,1-3H3. The number of hydrogen-bond acceptors (Lipinski definition) is 1. The smallest absolute Gasteiger partial charge is 0.00700 e. The van der Waals surface area contributed by atoms with Gasteiger partial charge in [0, 0.05) is 12.1 Å². The van der Waals surface area contributed by atoms with E-state index in [-0.39, 0.29) is 0 Å². The number of nitrogens with one attached hydrogen (secondary N) is 1. The first-order chi connectivity index (χ1) is 8.09. The molecule has 0 unspecified atom stereocenters. The van der Waals surface area contributed by atoms with E-state index >= 15 is 0 Å². The molecule has 1 heteroatoms. The minimum Gasteiger partial charge on any atom is -0.311 e. The summed E-state index contributed by atoms with van der Waals surface area (Å²) >= 11 is 0. The maximum absolute atomic E-state index is 3.94. The van der Waals surface area contributed by atoms with Crippen molar-refractivity contribution in [2.45, 2.75) is 90.6 Å². The molecule has 0 aromatic rings. The molecule has 2 aliphatic carbocycles. The summed E-state index contributed by atoms with van der Waals surface area (Å²) in [6, 6.07) is 1.66. The van der Waals surface area contributed by atoms with Crippen LogP contribution in [0, 0.1) is 11.3 Å². The van der Waals surface area contributed by atoms with Crippen LogP contribution in [0.25, 0.3) is 0 Å². The van der Waals surface area contributed by atoms with E-state index in [1.54, 1.807) is 0 Å². The first-order valence-corrected chi connectivity index (χ1v) is 7.85. The van der Waals surface area contributed by atoms with Gasteiger partial charge in [-0.25, -0.2) is 0 Å². The zero-order chi connectivity index (χ0) is 12.3. The van der Waals surface area contributed by atoms with Crippen LogP contribution >= 0.6 is 0 Å². The van der Waals surface area contributed by atoms with Crippen LogP contribution in [0.15, 0.2) is 0 Å². The van der Waals surface area contributed by atoms with Crippen molar-refractivity contribution in [2.75, 3.05) is 0 Å². The largest absolute Gasteiger partial charge is 0.311 e. The van der Waals surface area contributed by atoms with Gasteiger partial charge in [-0.05, 0) is 62.7 Å². The molecule has 0 aliphatic heterocycles. The first-order valence-electron chi connectivity index (χ1n) is 7.85. The van der Waals surface area contributed by atoms with Gasteiger partial charge in [-0.3, -0.25) is 0 Å². The van der Waals surface area contributed by atoms with Crippen LogP contribution in [-0.2, 0) is 0 Å². The molecule has 0 aromatic heterocycles. The van der Waals surface area contributed by atoms with Gasteiger partial charge < -0.3 is 5.32 Å². The average Bonchev–Trinajstić information content (AvgIpc) is 2.33. The quantitative estimate of drug-likeness (QED) is 0.761. The predicted molar refractivity (Wildman–Crippen MR) is 75.2 cm³/mol. The lowest BCUT2D eigenvalue weighted by atomic mass is 9.75. The van der Waals surface area contributed by atoms with Crippen molar-refractivity contribution in [1.29, 1.82) is 0 Å². The van der Waals surface area contributed by atoms with Gasteiger partial charge in [0.15, 0.2) is 0 Å². The molecular weight excluding hydrogens is 206 g/mol. The van der Waals surface area contributed by atoms with Crippen molar-refractivity contribution in [1.82, 2.24) is 5.32 Å². The highest BCUT2D eigenvalue weighted by molar-refractivity contribution is 4.86. The molecule has 0 bridgehead atoms. The Morgan fingerprint density at radius 1 is 0.882 bits per heavy atom. The molecule has 0 spiro atoms. The second-order valence-electron chi connectivity index (χ2n) is 7.23. The Bertz CT molecular complexity index is 216.